The van der Waals surface area contributed by atoms with E-state index in [-0.39, 0.29) is 17.6 Å². The topological polar surface area (TPSA) is 119 Å². The van der Waals surface area contributed by atoms with Gasteiger partial charge in [-0.15, -0.1) is 0 Å². The van der Waals surface area contributed by atoms with E-state index in [1.54, 1.807) is 55.8 Å². The summed E-state index contributed by atoms with van der Waals surface area (Å²) in [7, 11) is 1.65. The molecule has 1 aliphatic carbocycles. The van der Waals surface area contributed by atoms with Crippen LogP contribution in [0.15, 0.2) is 61.3 Å². The van der Waals surface area contributed by atoms with Crippen LogP contribution in [0.4, 0.5) is 22.0 Å². The van der Waals surface area contributed by atoms with Crippen LogP contribution in [0.2, 0.25) is 0 Å². The second-order valence-electron chi connectivity index (χ2n) is 8.45. The average molecular weight is 456 g/mol. The molecular weight excluding hydrogens is 430 g/mol. The number of urea groups is 1. The summed E-state index contributed by atoms with van der Waals surface area (Å²) in [5.74, 6) is 0.100. The number of anilines is 3. The van der Waals surface area contributed by atoms with Crippen molar-refractivity contribution in [1.82, 2.24) is 19.5 Å². The van der Waals surface area contributed by atoms with Crippen LogP contribution in [0, 0.1) is 0 Å². The standard InChI is InChI=1S/C25H25N7O2/c1-31(25(34)30-17-9-11-27-12-10-17)19-8-4-5-16(13-19)22(33)20-14-32(18-6-2-3-7-18)24-21(20)23(26)28-15-29-24/h4-5,8-15,18H,2-3,6-7H2,1H3,(H2,26,28,29)(H,27,30,34). The fraction of sp³-hybridized carbons (Fsp3) is 0.240. The number of benzene rings is 1. The van der Waals surface area contributed by atoms with Gasteiger partial charge in [0, 0.05) is 48.6 Å². The van der Waals surface area contributed by atoms with Gasteiger partial charge in [-0.3, -0.25) is 14.7 Å². The Morgan fingerprint density at radius 3 is 2.65 bits per heavy atom. The molecule has 3 N–H and O–H groups in total. The molecule has 0 spiro atoms. The fourth-order valence-electron chi connectivity index (χ4n) is 4.51. The first-order chi connectivity index (χ1) is 16.5. The van der Waals surface area contributed by atoms with E-state index in [2.05, 4.69) is 24.8 Å². The number of aromatic nitrogens is 4. The lowest BCUT2D eigenvalue weighted by molar-refractivity contribution is 0.104. The molecule has 1 aromatic carbocycles. The number of pyridine rings is 1. The molecule has 1 saturated carbocycles. The number of carbonyl (C=O) groups is 2. The van der Waals surface area contributed by atoms with Gasteiger partial charge in [0.1, 0.15) is 17.8 Å². The summed E-state index contributed by atoms with van der Waals surface area (Å²) in [5, 5.41) is 3.39. The van der Waals surface area contributed by atoms with Gasteiger partial charge >= 0.3 is 6.03 Å². The summed E-state index contributed by atoms with van der Waals surface area (Å²) in [4.78, 5) is 40.3. The molecule has 0 bridgehead atoms. The molecule has 0 atom stereocenters. The molecule has 5 rings (SSSR count). The number of rotatable bonds is 5. The molecule has 3 heterocycles. The van der Waals surface area contributed by atoms with Crippen LogP contribution in [0.3, 0.4) is 0 Å². The Morgan fingerprint density at radius 2 is 1.88 bits per heavy atom. The maximum Gasteiger partial charge on any atom is 0.326 e. The maximum absolute atomic E-state index is 13.6. The number of nitrogen functional groups attached to an aromatic ring is 1. The van der Waals surface area contributed by atoms with Crippen molar-refractivity contribution in [3.8, 4) is 0 Å². The molecule has 0 aliphatic heterocycles. The van der Waals surface area contributed by atoms with Crippen LogP contribution in [-0.4, -0.2) is 38.4 Å². The summed E-state index contributed by atoms with van der Waals surface area (Å²) in [6.07, 6.45) is 10.9. The predicted molar refractivity (Wildman–Crippen MR) is 131 cm³/mol. The van der Waals surface area contributed by atoms with Crippen molar-refractivity contribution < 1.29 is 9.59 Å². The lowest BCUT2D eigenvalue weighted by Crippen LogP contribution is -2.31. The van der Waals surface area contributed by atoms with Gasteiger partial charge < -0.3 is 15.6 Å². The molecular formula is C25H25N7O2. The normalized spacial score (nSPS) is 13.8. The van der Waals surface area contributed by atoms with E-state index >= 15 is 0 Å². The number of fused-ring (bicyclic) bond motifs is 1. The van der Waals surface area contributed by atoms with Crippen LogP contribution >= 0.6 is 0 Å². The second kappa shape index (κ2) is 8.93. The lowest BCUT2D eigenvalue weighted by atomic mass is 10.0. The van der Waals surface area contributed by atoms with Crippen LogP contribution in [-0.2, 0) is 0 Å². The Labute approximate surface area is 196 Å². The minimum atomic E-state index is -0.328. The van der Waals surface area contributed by atoms with Gasteiger partial charge in [-0.2, -0.15) is 0 Å². The highest BCUT2D eigenvalue weighted by molar-refractivity contribution is 6.18. The van der Waals surface area contributed by atoms with Gasteiger partial charge in [-0.1, -0.05) is 25.0 Å². The van der Waals surface area contributed by atoms with E-state index < -0.39 is 0 Å². The van der Waals surface area contributed by atoms with Crippen LogP contribution in [0.5, 0.6) is 0 Å². The zero-order valence-electron chi connectivity index (χ0n) is 18.8. The summed E-state index contributed by atoms with van der Waals surface area (Å²) in [6.45, 7) is 0. The second-order valence-corrected chi connectivity index (χ2v) is 8.45. The first kappa shape index (κ1) is 21.6. The van der Waals surface area contributed by atoms with Crippen LogP contribution in [0.1, 0.15) is 47.6 Å². The molecule has 3 aromatic heterocycles. The molecule has 1 aliphatic rings. The smallest absolute Gasteiger partial charge is 0.326 e. The van der Waals surface area contributed by atoms with Gasteiger partial charge in [0.15, 0.2) is 5.78 Å². The van der Waals surface area contributed by atoms with E-state index in [9.17, 15) is 9.59 Å². The number of nitrogens with one attached hydrogen (secondary N) is 1. The molecule has 34 heavy (non-hydrogen) atoms. The van der Waals surface area contributed by atoms with Crippen LogP contribution < -0.4 is 16.0 Å². The van der Waals surface area contributed by atoms with Crippen molar-refractivity contribution in [2.24, 2.45) is 0 Å². The Morgan fingerprint density at radius 1 is 1.12 bits per heavy atom. The maximum atomic E-state index is 13.6. The third-order valence-corrected chi connectivity index (χ3v) is 6.33. The summed E-state index contributed by atoms with van der Waals surface area (Å²) in [6, 6.07) is 10.4. The highest BCUT2D eigenvalue weighted by Gasteiger charge is 2.26. The Kier molecular flexibility index (Phi) is 5.67. The van der Waals surface area contributed by atoms with E-state index in [1.165, 1.54) is 11.2 Å². The van der Waals surface area contributed by atoms with E-state index in [0.29, 0.717) is 39.6 Å². The zero-order chi connectivity index (χ0) is 23.7. The lowest BCUT2D eigenvalue weighted by Gasteiger charge is -2.18. The van der Waals surface area contributed by atoms with E-state index in [4.69, 9.17) is 5.73 Å². The summed E-state index contributed by atoms with van der Waals surface area (Å²) in [5.41, 5.74) is 9.03. The minimum Gasteiger partial charge on any atom is -0.383 e. The van der Waals surface area contributed by atoms with Crippen molar-refractivity contribution in [3.05, 3.63) is 72.4 Å². The minimum absolute atomic E-state index is 0.187. The fourth-order valence-corrected chi connectivity index (χ4v) is 4.51. The van der Waals surface area contributed by atoms with Gasteiger partial charge in [0.2, 0.25) is 0 Å². The van der Waals surface area contributed by atoms with Gasteiger partial charge in [0.05, 0.1) is 10.9 Å². The molecule has 1 fully saturated rings. The monoisotopic (exact) mass is 455 g/mol. The molecule has 0 unspecified atom stereocenters. The average Bonchev–Trinajstić information content (AvgIpc) is 3.52. The van der Waals surface area contributed by atoms with Crippen molar-refractivity contribution in [2.45, 2.75) is 31.7 Å². The van der Waals surface area contributed by atoms with Gasteiger partial charge in [0.25, 0.3) is 0 Å². The highest BCUT2D eigenvalue weighted by Crippen LogP contribution is 2.35. The SMILES string of the molecule is CN(C(=O)Nc1ccncc1)c1cccc(C(=O)c2cn(C3CCCC3)c3ncnc(N)c23)c1. The number of amides is 2. The predicted octanol–water partition coefficient (Wildman–Crippen LogP) is 4.42. The third kappa shape index (κ3) is 3.96. The molecule has 9 heteroatoms. The molecule has 4 aromatic rings. The van der Waals surface area contributed by atoms with Gasteiger partial charge in [-0.05, 0) is 37.1 Å². The van der Waals surface area contributed by atoms with Crippen molar-refractivity contribution >= 4 is 40.0 Å². The number of hydrogen-bond acceptors (Lipinski definition) is 6. The molecule has 0 saturated heterocycles. The largest absolute Gasteiger partial charge is 0.383 e. The first-order valence-electron chi connectivity index (χ1n) is 11.2. The number of nitrogens with zero attached hydrogens (tertiary/aromatic N) is 5. The van der Waals surface area contributed by atoms with E-state index in [1.807, 2.05) is 6.20 Å². The quantitative estimate of drug-likeness (QED) is 0.430. The number of hydrogen-bond donors (Lipinski definition) is 2. The van der Waals surface area contributed by atoms with Crippen molar-refractivity contribution in [1.29, 1.82) is 0 Å². The molecule has 9 nitrogen and oxygen atoms in total. The summed E-state index contributed by atoms with van der Waals surface area (Å²) >= 11 is 0. The Hall–Kier alpha value is -4.27. The molecule has 0 radical (unpaired) electrons. The number of ketones is 1. The summed E-state index contributed by atoms with van der Waals surface area (Å²) < 4.78 is 2.08. The van der Waals surface area contributed by atoms with Gasteiger partial charge in [-0.25, -0.2) is 14.8 Å². The highest BCUT2D eigenvalue weighted by atomic mass is 16.2. The Balaban J connectivity index is 1.47. The van der Waals surface area contributed by atoms with Crippen LogP contribution in [0.25, 0.3) is 11.0 Å². The first-order valence-corrected chi connectivity index (χ1v) is 11.2. The third-order valence-electron chi connectivity index (χ3n) is 6.33. The zero-order valence-corrected chi connectivity index (χ0v) is 18.8. The van der Waals surface area contributed by atoms with Crippen molar-refractivity contribution in [3.63, 3.8) is 0 Å². The number of nitrogens with two attached hydrogens (primary N) is 1. The van der Waals surface area contributed by atoms with Crippen molar-refractivity contribution in [2.75, 3.05) is 23.0 Å². The number of carbonyl (C=O) groups excluding carboxylic acids is 2. The molecule has 2 amide bonds. The Bertz CT molecular complexity index is 1360. The molecule has 172 valence electrons. The van der Waals surface area contributed by atoms with E-state index in [0.717, 1.165) is 25.7 Å².